The maximum atomic E-state index is 10.9. The lowest BCUT2D eigenvalue weighted by atomic mass is 10.1. The number of carbonyl (C=O) groups is 1. The van der Waals surface area contributed by atoms with Crippen LogP contribution in [0, 0.1) is 17.2 Å². The number of aliphatic hydroxyl groups excluding tert-OH is 1. The second kappa shape index (κ2) is 6.44. The zero-order chi connectivity index (χ0) is 10.3. The number of carbonyl (C=O) groups excluding carboxylic acids is 1. The first-order valence-corrected chi connectivity index (χ1v) is 4.29. The van der Waals surface area contributed by atoms with Gasteiger partial charge in [-0.3, -0.25) is 4.79 Å². The highest BCUT2D eigenvalue weighted by atomic mass is 16.5. The highest BCUT2D eigenvalue weighted by molar-refractivity contribution is 5.69. The molecule has 0 rings (SSSR count). The Kier molecular flexibility index (Phi) is 5.90. The SMILES string of the molecule is CC(O)COC(=O)CCC(C)C#N. The summed E-state index contributed by atoms with van der Waals surface area (Å²) in [7, 11) is 0. The topological polar surface area (TPSA) is 70.3 Å². The van der Waals surface area contributed by atoms with E-state index in [9.17, 15) is 4.79 Å². The Labute approximate surface area is 78.1 Å². The van der Waals surface area contributed by atoms with Crippen LogP contribution in [-0.4, -0.2) is 23.8 Å². The van der Waals surface area contributed by atoms with E-state index < -0.39 is 6.10 Å². The van der Waals surface area contributed by atoms with Gasteiger partial charge in [0, 0.05) is 12.3 Å². The molecule has 0 aliphatic rings. The van der Waals surface area contributed by atoms with Gasteiger partial charge in [0.15, 0.2) is 0 Å². The van der Waals surface area contributed by atoms with Crippen molar-refractivity contribution < 1.29 is 14.6 Å². The first-order chi connectivity index (χ1) is 6.06. The van der Waals surface area contributed by atoms with Gasteiger partial charge in [-0.2, -0.15) is 5.26 Å². The van der Waals surface area contributed by atoms with E-state index in [1.165, 1.54) is 0 Å². The Morgan fingerprint density at radius 2 is 2.23 bits per heavy atom. The van der Waals surface area contributed by atoms with Gasteiger partial charge in [0.25, 0.3) is 0 Å². The number of rotatable bonds is 5. The van der Waals surface area contributed by atoms with Crippen molar-refractivity contribution in [3.05, 3.63) is 0 Å². The number of hydrogen-bond donors (Lipinski definition) is 1. The molecule has 4 nitrogen and oxygen atoms in total. The molecule has 0 aliphatic carbocycles. The lowest BCUT2D eigenvalue weighted by molar-refractivity contribution is -0.146. The van der Waals surface area contributed by atoms with Crippen LogP contribution in [0.4, 0.5) is 0 Å². The minimum Gasteiger partial charge on any atom is -0.463 e. The average Bonchev–Trinajstić information content (AvgIpc) is 2.10. The van der Waals surface area contributed by atoms with E-state index in [1.54, 1.807) is 13.8 Å². The number of nitriles is 1. The van der Waals surface area contributed by atoms with Crippen molar-refractivity contribution in [1.29, 1.82) is 5.26 Å². The summed E-state index contributed by atoms with van der Waals surface area (Å²) in [6, 6.07) is 2.03. The van der Waals surface area contributed by atoms with Crippen LogP contribution in [0.5, 0.6) is 0 Å². The molecule has 13 heavy (non-hydrogen) atoms. The fourth-order valence-electron chi connectivity index (χ4n) is 0.685. The van der Waals surface area contributed by atoms with Gasteiger partial charge in [0.2, 0.25) is 0 Å². The van der Waals surface area contributed by atoms with Crippen LogP contribution in [0.25, 0.3) is 0 Å². The first kappa shape index (κ1) is 11.9. The quantitative estimate of drug-likeness (QED) is 0.644. The van der Waals surface area contributed by atoms with Gasteiger partial charge in [-0.05, 0) is 20.3 Å². The van der Waals surface area contributed by atoms with E-state index in [1.807, 2.05) is 6.07 Å². The number of esters is 1. The molecule has 0 bridgehead atoms. The molecule has 0 aromatic heterocycles. The summed E-state index contributed by atoms with van der Waals surface area (Å²) < 4.78 is 4.70. The van der Waals surface area contributed by atoms with Crippen LogP contribution in [0.15, 0.2) is 0 Å². The van der Waals surface area contributed by atoms with E-state index in [2.05, 4.69) is 0 Å². The Balaban J connectivity index is 3.47. The van der Waals surface area contributed by atoms with Crippen LogP contribution >= 0.6 is 0 Å². The third-order valence-electron chi connectivity index (χ3n) is 1.49. The van der Waals surface area contributed by atoms with Gasteiger partial charge in [0.05, 0.1) is 12.2 Å². The molecule has 2 unspecified atom stereocenters. The number of ether oxygens (including phenoxy) is 1. The Morgan fingerprint density at radius 1 is 1.62 bits per heavy atom. The molecule has 0 fully saturated rings. The van der Waals surface area contributed by atoms with E-state index in [0.717, 1.165) is 0 Å². The van der Waals surface area contributed by atoms with Crippen LogP contribution in [0.1, 0.15) is 26.7 Å². The summed E-state index contributed by atoms with van der Waals surface area (Å²) in [4.78, 5) is 10.9. The molecule has 4 heteroatoms. The molecule has 0 radical (unpaired) electrons. The van der Waals surface area contributed by atoms with E-state index in [0.29, 0.717) is 6.42 Å². The van der Waals surface area contributed by atoms with Crippen molar-refractivity contribution in [3.8, 4) is 6.07 Å². The summed E-state index contributed by atoms with van der Waals surface area (Å²) in [5.74, 6) is -0.484. The third-order valence-corrected chi connectivity index (χ3v) is 1.49. The summed E-state index contributed by atoms with van der Waals surface area (Å²) >= 11 is 0. The smallest absolute Gasteiger partial charge is 0.305 e. The van der Waals surface area contributed by atoms with Crippen molar-refractivity contribution in [3.63, 3.8) is 0 Å². The first-order valence-electron chi connectivity index (χ1n) is 4.29. The molecular formula is C9H15NO3. The predicted octanol–water partition coefficient (Wildman–Crippen LogP) is 0.850. The van der Waals surface area contributed by atoms with Crippen LogP contribution < -0.4 is 0 Å². The van der Waals surface area contributed by atoms with Gasteiger partial charge < -0.3 is 9.84 Å². The van der Waals surface area contributed by atoms with Gasteiger partial charge in [0.1, 0.15) is 6.61 Å². The van der Waals surface area contributed by atoms with Gasteiger partial charge >= 0.3 is 5.97 Å². The molecular weight excluding hydrogens is 170 g/mol. The predicted molar refractivity (Wildman–Crippen MR) is 46.7 cm³/mol. The molecule has 0 amide bonds. The lowest BCUT2D eigenvalue weighted by Gasteiger charge is -2.06. The second-order valence-corrected chi connectivity index (χ2v) is 3.10. The highest BCUT2D eigenvalue weighted by Gasteiger charge is 2.07. The van der Waals surface area contributed by atoms with Crippen LogP contribution in [0.3, 0.4) is 0 Å². The lowest BCUT2D eigenvalue weighted by Crippen LogP contribution is -2.15. The number of hydrogen-bond acceptors (Lipinski definition) is 4. The molecule has 0 aromatic carbocycles. The van der Waals surface area contributed by atoms with Crippen LogP contribution in [0.2, 0.25) is 0 Å². The Bertz CT molecular complexity index is 196. The van der Waals surface area contributed by atoms with E-state index in [-0.39, 0.29) is 24.9 Å². The van der Waals surface area contributed by atoms with Gasteiger partial charge in [-0.15, -0.1) is 0 Å². The molecule has 0 spiro atoms. The fraction of sp³-hybridized carbons (Fsp3) is 0.778. The van der Waals surface area contributed by atoms with Crippen molar-refractivity contribution in [2.24, 2.45) is 5.92 Å². The van der Waals surface area contributed by atoms with Crippen molar-refractivity contribution in [2.45, 2.75) is 32.8 Å². The van der Waals surface area contributed by atoms with Crippen molar-refractivity contribution in [2.75, 3.05) is 6.61 Å². The molecule has 0 saturated carbocycles. The zero-order valence-corrected chi connectivity index (χ0v) is 7.99. The summed E-state index contributed by atoms with van der Waals surface area (Å²) in [5.41, 5.74) is 0. The molecule has 74 valence electrons. The fourth-order valence-corrected chi connectivity index (χ4v) is 0.685. The zero-order valence-electron chi connectivity index (χ0n) is 7.99. The normalized spacial score (nSPS) is 14.3. The monoisotopic (exact) mass is 185 g/mol. The maximum absolute atomic E-state index is 10.9. The Morgan fingerprint density at radius 3 is 2.69 bits per heavy atom. The second-order valence-electron chi connectivity index (χ2n) is 3.10. The third kappa shape index (κ3) is 7.29. The molecule has 0 aliphatic heterocycles. The largest absolute Gasteiger partial charge is 0.463 e. The highest BCUT2D eigenvalue weighted by Crippen LogP contribution is 2.04. The van der Waals surface area contributed by atoms with Crippen LogP contribution in [-0.2, 0) is 9.53 Å². The maximum Gasteiger partial charge on any atom is 0.305 e. The van der Waals surface area contributed by atoms with Crippen molar-refractivity contribution >= 4 is 5.97 Å². The van der Waals surface area contributed by atoms with Crippen molar-refractivity contribution in [1.82, 2.24) is 0 Å². The van der Waals surface area contributed by atoms with Gasteiger partial charge in [-0.1, -0.05) is 0 Å². The minimum absolute atomic E-state index is 0.0275. The molecule has 2 atom stereocenters. The van der Waals surface area contributed by atoms with E-state index in [4.69, 9.17) is 15.1 Å². The summed E-state index contributed by atoms with van der Waals surface area (Å²) in [6.45, 7) is 3.33. The summed E-state index contributed by atoms with van der Waals surface area (Å²) in [6.07, 6.45) is 0.119. The van der Waals surface area contributed by atoms with Gasteiger partial charge in [-0.25, -0.2) is 0 Å². The Hall–Kier alpha value is -1.08. The minimum atomic E-state index is -0.627. The molecule has 0 heterocycles. The number of aliphatic hydroxyl groups is 1. The number of nitrogens with zero attached hydrogens (tertiary/aromatic N) is 1. The standard InChI is InChI=1S/C9H15NO3/c1-7(5-10)3-4-9(12)13-6-8(2)11/h7-8,11H,3-4,6H2,1-2H3. The molecule has 1 N–H and O–H groups in total. The average molecular weight is 185 g/mol. The summed E-state index contributed by atoms with van der Waals surface area (Å²) in [5, 5.41) is 17.2. The molecule has 0 aromatic rings. The van der Waals surface area contributed by atoms with E-state index >= 15 is 0 Å². The molecule has 0 saturated heterocycles.